The lowest BCUT2D eigenvalue weighted by molar-refractivity contribution is -0.0884. The Kier molecular flexibility index (Phi) is 2.22. The van der Waals surface area contributed by atoms with Gasteiger partial charge in [-0.2, -0.15) is 13.2 Å². The van der Waals surface area contributed by atoms with Gasteiger partial charge in [0.25, 0.3) is 5.78 Å². The fourth-order valence-electron chi connectivity index (χ4n) is 1.43. The van der Waals surface area contributed by atoms with Gasteiger partial charge in [-0.25, -0.2) is 4.39 Å². The first-order valence-electron chi connectivity index (χ1n) is 4.28. The maximum atomic E-state index is 12.8. The standard InChI is InChI=1S/C10H5F4NO/c11-5-1-2-8-6(3-5)7(4-15-8)9(16)10(12,13)14/h1-4,15H. The molecular formula is C10H5F4NO. The summed E-state index contributed by atoms with van der Waals surface area (Å²) in [7, 11) is 0. The summed E-state index contributed by atoms with van der Waals surface area (Å²) in [5.41, 5.74) is -0.281. The second-order valence-electron chi connectivity index (χ2n) is 3.22. The van der Waals surface area contributed by atoms with Crippen molar-refractivity contribution >= 4 is 16.7 Å². The van der Waals surface area contributed by atoms with Gasteiger partial charge in [-0.1, -0.05) is 0 Å². The quantitative estimate of drug-likeness (QED) is 0.593. The summed E-state index contributed by atoms with van der Waals surface area (Å²) in [6, 6.07) is 3.27. The van der Waals surface area contributed by atoms with Crippen LogP contribution in [0, 0.1) is 5.82 Å². The van der Waals surface area contributed by atoms with Crippen molar-refractivity contribution in [2.24, 2.45) is 0 Å². The van der Waals surface area contributed by atoms with Gasteiger partial charge in [0.05, 0.1) is 5.56 Å². The number of benzene rings is 1. The van der Waals surface area contributed by atoms with Crippen LogP contribution < -0.4 is 0 Å². The number of Topliss-reactive ketones (excluding diaryl/α,β-unsaturated/α-hetero) is 1. The number of carbonyl (C=O) groups is 1. The average Bonchev–Trinajstić information content (AvgIpc) is 2.57. The molecule has 0 aliphatic rings. The lowest BCUT2D eigenvalue weighted by atomic mass is 10.1. The van der Waals surface area contributed by atoms with Crippen molar-refractivity contribution in [3.63, 3.8) is 0 Å². The van der Waals surface area contributed by atoms with Crippen LogP contribution in [-0.4, -0.2) is 16.9 Å². The number of H-pyrrole nitrogens is 1. The molecule has 0 atom stereocenters. The Bertz CT molecular complexity index is 555. The summed E-state index contributed by atoms with van der Waals surface area (Å²) >= 11 is 0. The molecule has 1 heterocycles. The van der Waals surface area contributed by atoms with E-state index in [1.165, 1.54) is 6.07 Å². The molecule has 2 nitrogen and oxygen atoms in total. The van der Waals surface area contributed by atoms with Crippen molar-refractivity contribution in [1.82, 2.24) is 4.98 Å². The number of hydrogen-bond acceptors (Lipinski definition) is 1. The van der Waals surface area contributed by atoms with Crippen molar-refractivity contribution in [3.05, 3.63) is 35.8 Å². The van der Waals surface area contributed by atoms with Gasteiger partial charge in [-0.15, -0.1) is 0 Å². The van der Waals surface area contributed by atoms with Gasteiger partial charge in [-0.3, -0.25) is 4.79 Å². The normalized spacial score (nSPS) is 12.0. The monoisotopic (exact) mass is 231 g/mol. The highest BCUT2D eigenvalue weighted by molar-refractivity contribution is 6.10. The molecule has 0 aliphatic heterocycles. The van der Waals surface area contributed by atoms with Crippen molar-refractivity contribution < 1.29 is 22.4 Å². The number of ketones is 1. The Balaban J connectivity index is 2.62. The summed E-state index contributed by atoms with van der Waals surface area (Å²) < 4.78 is 49.4. The summed E-state index contributed by atoms with van der Waals surface area (Å²) in [6.07, 6.45) is -4.03. The number of hydrogen-bond donors (Lipinski definition) is 1. The number of aromatic amines is 1. The van der Waals surface area contributed by atoms with Crippen LogP contribution in [0.1, 0.15) is 10.4 Å². The van der Waals surface area contributed by atoms with Crippen molar-refractivity contribution in [2.45, 2.75) is 6.18 Å². The van der Waals surface area contributed by atoms with Crippen LogP contribution in [0.25, 0.3) is 10.9 Å². The first kappa shape index (κ1) is 10.7. The van der Waals surface area contributed by atoms with E-state index in [0.29, 0.717) is 0 Å². The minimum atomic E-state index is -4.96. The van der Waals surface area contributed by atoms with Gasteiger partial charge in [-0.05, 0) is 18.2 Å². The molecule has 1 N–H and O–H groups in total. The van der Waals surface area contributed by atoms with Crippen LogP contribution in [0.5, 0.6) is 0 Å². The van der Waals surface area contributed by atoms with Crippen molar-refractivity contribution in [1.29, 1.82) is 0 Å². The highest BCUT2D eigenvalue weighted by atomic mass is 19.4. The largest absolute Gasteiger partial charge is 0.454 e. The third-order valence-corrected chi connectivity index (χ3v) is 2.15. The van der Waals surface area contributed by atoms with Crippen LogP contribution in [-0.2, 0) is 0 Å². The summed E-state index contributed by atoms with van der Waals surface area (Å²) in [5.74, 6) is -2.67. The Labute approximate surface area is 86.9 Å². The summed E-state index contributed by atoms with van der Waals surface area (Å²) in [4.78, 5) is 13.5. The molecule has 16 heavy (non-hydrogen) atoms. The van der Waals surface area contributed by atoms with E-state index in [1.54, 1.807) is 0 Å². The second-order valence-corrected chi connectivity index (χ2v) is 3.22. The zero-order chi connectivity index (χ0) is 11.9. The molecule has 1 aromatic carbocycles. The predicted molar refractivity (Wildman–Crippen MR) is 48.6 cm³/mol. The lowest BCUT2D eigenvalue weighted by Gasteiger charge is -2.03. The topological polar surface area (TPSA) is 32.9 Å². The van der Waals surface area contributed by atoms with E-state index in [2.05, 4.69) is 4.98 Å². The molecule has 2 rings (SSSR count). The number of alkyl halides is 3. The number of nitrogens with one attached hydrogen (secondary N) is 1. The van der Waals surface area contributed by atoms with E-state index in [0.717, 1.165) is 18.3 Å². The zero-order valence-electron chi connectivity index (χ0n) is 7.73. The van der Waals surface area contributed by atoms with Gasteiger partial charge >= 0.3 is 6.18 Å². The van der Waals surface area contributed by atoms with Crippen LogP contribution in [0.15, 0.2) is 24.4 Å². The van der Waals surface area contributed by atoms with Gasteiger partial charge in [0.1, 0.15) is 5.82 Å². The lowest BCUT2D eigenvalue weighted by Crippen LogP contribution is -2.22. The Morgan fingerprint density at radius 2 is 1.94 bits per heavy atom. The first-order valence-corrected chi connectivity index (χ1v) is 4.28. The van der Waals surface area contributed by atoms with Crippen LogP contribution in [0.2, 0.25) is 0 Å². The molecule has 1 aromatic heterocycles. The molecule has 0 unspecified atom stereocenters. The van der Waals surface area contributed by atoms with Gasteiger partial charge in [0.15, 0.2) is 0 Å². The van der Waals surface area contributed by atoms with Gasteiger partial charge in [0.2, 0.25) is 0 Å². The molecule has 6 heteroatoms. The van der Waals surface area contributed by atoms with E-state index in [9.17, 15) is 22.4 Å². The molecule has 0 radical (unpaired) electrons. The Hall–Kier alpha value is -1.85. The summed E-state index contributed by atoms with van der Waals surface area (Å²) in [5, 5.41) is -0.0673. The highest BCUT2D eigenvalue weighted by Gasteiger charge is 2.40. The fourth-order valence-corrected chi connectivity index (χ4v) is 1.43. The molecule has 0 spiro atoms. The van der Waals surface area contributed by atoms with E-state index >= 15 is 0 Å². The number of halogens is 4. The maximum absolute atomic E-state index is 12.8. The molecule has 0 fully saturated rings. The minimum Gasteiger partial charge on any atom is -0.360 e. The van der Waals surface area contributed by atoms with Crippen LogP contribution in [0.4, 0.5) is 17.6 Å². The van der Waals surface area contributed by atoms with Crippen molar-refractivity contribution in [3.8, 4) is 0 Å². The smallest absolute Gasteiger partial charge is 0.360 e. The van der Waals surface area contributed by atoms with E-state index < -0.39 is 23.3 Å². The minimum absolute atomic E-state index is 0.0673. The third kappa shape index (κ3) is 1.66. The number of aromatic nitrogens is 1. The molecule has 0 aliphatic carbocycles. The van der Waals surface area contributed by atoms with Gasteiger partial charge < -0.3 is 4.98 Å². The van der Waals surface area contributed by atoms with Crippen molar-refractivity contribution in [2.75, 3.05) is 0 Å². The van der Waals surface area contributed by atoms with E-state index in [4.69, 9.17) is 0 Å². The Morgan fingerprint density at radius 3 is 2.56 bits per heavy atom. The number of rotatable bonds is 1. The highest BCUT2D eigenvalue weighted by Crippen LogP contribution is 2.27. The molecule has 0 saturated heterocycles. The van der Waals surface area contributed by atoms with Gasteiger partial charge in [0, 0.05) is 17.1 Å². The zero-order valence-corrected chi connectivity index (χ0v) is 7.73. The molecule has 0 bridgehead atoms. The summed E-state index contributed by atoms with van der Waals surface area (Å²) in [6.45, 7) is 0. The SMILES string of the molecule is O=C(c1c[nH]c2ccc(F)cc12)C(F)(F)F. The molecular weight excluding hydrogens is 226 g/mol. The number of fused-ring (bicyclic) bond motifs is 1. The average molecular weight is 231 g/mol. The fraction of sp³-hybridized carbons (Fsp3) is 0.100. The second kappa shape index (κ2) is 3.33. The molecule has 84 valence electrons. The Morgan fingerprint density at radius 1 is 1.25 bits per heavy atom. The maximum Gasteiger partial charge on any atom is 0.454 e. The molecule has 0 saturated carbocycles. The van der Waals surface area contributed by atoms with Crippen LogP contribution in [0.3, 0.4) is 0 Å². The van der Waals surface area contributed by atoms with E-state index in [1.807, 2.05) is 0 Å². The van der Waals surface area contributed by atoms with E-state index in [-0.39, 0.29) is 10.9 Å². The third-order valence-electron chi connectivity index (χ3n) is 2.15. The van der Waals surface area contributed by atoms with Crippen LogP contribution >= 0.6 is 0 Å². The molecule has 2 aromatic rings. The number of carbonyl (C=O) groups excluding carboxylic acids is 1. The predicted octanol–water partition coefficient (Wildman–Crippen LogP) is 3.05. The first-order chi connectivity index (χ1) is 7.39. The molecule has 0 amide bonds.